The van der Waals surface area contributed by atoms with Crippen LogP contribution in [0.3, 0.4) is 0 Å². The van der Waals surface area contributed by atoms with E-state index in [0.717, 1.165) is 6.42 Å². The van der Waals surface area contributed by atoms with E-state index in [1.165, 1.54) is 6.33 Å². The van der Waals surface area contributed by atoms with E-state index in [4.69, 9.17) is 0 Å². The van der Waals surface area contributed by atoms with Crippen LogP contribution in [0.4, 0.5) is 17.3 Å². The van der Waals surface area contributed by atoms with Crippen molar-refractivity contribution in [1.29, 1.82) is 0 Å². The van der Waals surface area contributed by atoms with E-state index in [1.807, 2.05) is 20.8 Å². The van der Waals surface area contributed by atoms with Gasteiger partial charge in [-0.05, 0) is 18.8 Å². The third-order valence-corrected chi connectivity index (χ3v) is 2.80. The first-order valence-electron chi connectivity index (χ1n) is 7.10. The summed E-state index contributed by atoms with van der Waals surface area (Å²) in [4.78, 5) is 18.5. The fraction of sp³-hybridized carbons (Fsp3) is 0.692. The summed E-state index contributed by atoms with van der Waals surface area (Å²) in [5.41, 5.74) is -0.192. The molecule has 0 radical (unpaired) electrons. The summed E-state index contributed by atoms with van der Waals surface area (Å²) < 4.78 is 0. The van der Waals surface area contributed by atoms with Crippen molar-refractivity contribution in [1.82, 2.24) is 9.97 Å². The van der Waals surface area contributed by atoms with Crippen molar-refractivity contribution in [3.8, 4) is 0 Å². The number of aliphatic hydroxyl groups excluding tert-OH is 1. The number of nitrogens with one attached hydrogen (secondary N) is 2. The van der Waals surface area contributed by atoms with Gasteiger partial charge in [0, 0.05) is 13.1 Å². The number of nitrogens with zero attached hydrogens (tertiary/aromatic N) is 3. The molecule has 0 bridgehead atoms. The Labute approximate surface area is 124 Å². The monoisotopic (exact) mass is 297 g/mol. The third-order valence-electron chi connectivity index (χ3n) is 2.80. The summed E-state index contributed by atoms with van der Waals surface area (Å²) in [6.07, 6.45) is 2.14. The number of nitro groups is 1. The first kappa shape index (κ1) is 17.1. The van der Waals surface area contributed by atoms with Crippen LogP contribution in [0, 0.1) is 16.0 Å². The number of hydrogen-bond donors (Lipinski definition) is 3. The summed E-state index contributed by atoms with van der Waals surface area (Å²) in [6, 6.07) is 0. The molecule has 0 aromatic carbocycles. The molecule has 1 unspecified atom stereocenters. The molecular formula is C13H23N5O3. The molecule has 8 nitrogen and oxygen atoms in total. The molecular weight excluding hydrogens is 274 g/mol. The minimum atomic E-state index is -0.577. The van der Waals surface area contributed by atoms with Gasteiger partial charge < -0.3 is 15.7 Å². The quantitative estimate of drug-likeness (QED) is 0.472. The summed E-state index contributed by atoms with van der Waals surface area (Å²) in [5, 5.41) is 26.8. The van der Waals surface area contributed by atoms with Crippen LogP contribution in [0.15, 0.2) is 6.33 Å². The lowest BCUT2D eigenvalue weighted by Crippen LogP contribution is -2.22. The molecule has 0 aliphatic carbocycles. The first-order chi connectivity index (χ1) is 9.95. The van der Waals surface area contributed by atoms with Gasteiger partial charge in [0.15, 0.2) is 0 Å². The smallest absolute Gasteiger partial charge is 0.353 e. The second-order valence-electron chi connectivity index (χ2n) is 5.27. The zero-order valence-corrected chi connectivity index (χ0v) is 12.7. The highest BCUT2D eigenvalue weighted by atomic mass is 16.6. The SMILES string of the molecule is CCCNc1ncnc(NCC(O)CC(C)C)c1[N+](=O)[O-]. The molecule has 1 atom stereocenters. The number of hydrogen-bond acceptors (Lipinski definition) is 7. The van der Waals surface area contributed by atoms with Crippen molar-refractivity contribution in [2.75, 3.05) is 23.7 Å². The van der Waals surface area contributed by atoms with Gasteiger partial charge in [-0.25, -0.2) is 9.97 Å². The van der Waals surface area contributed by atoms with Crippen molar-refractivity contribution in [2.45, 2.75) is 39.7 Å². The topological polar surface area (TPSA) is 113 Å². The highest BCUT2D eigenvalue weighted by molar-refractivity contribution is 5.69. The lowest BCUT2D eigenvalue weighted by atomic mass is 10.1. The molecule has 21 heavy (non-hydrogen) atoms. The van der Waals surface area contributed by atoms with Crippen molar-refractivity contribution in [3.63, 3.8) is 0 Å². The molecule has 0 amide bonds. The van der Waals surface area contributed by atoms with Gasteiger partial charge in [-0.2, -0.15) is 0 Å². The largest absolute Gasteiger partial charge is 0.391 e. The van der Waals surface area contributed by atoms with Crippen LogP contribution in [-0.4, -0.2) is 39.2 Å². The summed E-state index contributed by atoms with van der Waals surface area (Å²) in [7, 11) is 0. The standard InChI is InChI=1S/C13H23N5O3/c1-4-5-14-12-11(18(20)21)13(17-8-16-12)15-7-10(19)6-9(2)3/h8-10,19H,4-7H2,1-3H3,(H2,14,15,16,17). The Morgan fingerprint density at radius 1 is 1.33 bits per heavy atom. The van der Waals surface area contributed by atoms with Gasteiger partial charge in [0.05, 0.1) is 11.0 Å². The lowest BCUT2D eigenvalue weighted by Gasteiger charge is -2.14. The van der Waals surface area contributed by atoms with Crippen LogP contribution in [-0.2, 0) is 0 Å². The fourth-order valence-corrected chi connectivity index (χ4v) is 1.90. The third kappa shape index (κ3) is 5.50. The molecule has 0 aliphatic heterocycles. The minimum absolute atomic E-state index is 0.122. The summed E-state index contributed by atoms with van der Waals surface area (Å²) >= 11 is 0. The maximum Gasteiger partial charge on any atom is 0.353 e. The fourth-order valence-electron chi connectivity index (χ4n) is 1.90. The zero-order valence-electron chi connectivity index (χ0n) is 12.7. The van der Waals surface area contributed by atoms with Crippen molar-refractivity contribution < 1.29 is 10.0 Å². The van der Waals surface area contributed by atoms with Crippen LogP contribution in [0.25, 0.3) is 0 Å². The van der Waals surface area contributed by atoms with Crippen LogP contribution >= 0.6 is 0 Å². The van der Waals surface area contributed by atoms with Crippen molar-refractivity contribution in [2.24, 2.45) is 5.92 Å². The molecule has 118 valence electrons. The molecule has 1 rings (SSSR count). The Hall–Kier alpha value is -1.96. The predicted molar refractivity (Wildman–Crippen MR) is 81.4 cm³/mol. The van der Waals surface area contributed by atoms with Gasteiger partial charge >= 0.3 is 5.69 Å². The maximum atomic E-state index is 11.2. The Morgan fingerprint density at radius 3 is 2.48 bits per heavy atom. The van der Waals surface area contributed by atoms with E-state index >= 15 is 0 Å². The van der Waals surface area contributed by atoms with Gasteiger partial charge in [0.25, 0.3) is 0 Å². The lowest BCUT2D eigenvalue weighted by molar-refractivity contribution is -0.383. The highest BCUT2D eigenvalue weighted by Gasteiger charge is 2.23. The zero-order chi connectivity index (χ0) is 15.8. The van der Waals surface area contributed by atoms with Crippen LogP contribution in [0.2, 0.25) is 0 Å². The molecule has 1 heterocycles. The highest BCUT2D eigenvalue weighted by Crippen LogP contribution is 2.28. The molecule has 1 aromatic rings. The number of rotatable bonds is 9. The second kappa shape index (κ2) is 8.35. The van der Waals surface area contributed by atoms with E-state index in [2.05, 4.69) is 20.6 Å². The molecule has 0 fully saturated rings. The van der Waals surface area contributed by atoms with Gasteiger partial charge in [-0.15, -0.1) is 0 Å². The van der Waals surface area contributed by atoms with Crippen LogP contribution in [0.1, 0.15) is 33.6 Å². The minimum Gasteiger partial charge on any atom is -0.391 e. The second-order valence-corrected chi connectivity index (χ2v) is 5.27. The van der Waals surface area contributed by atoms with E-state index in [0.29, 0.717) is 18.9 Å². The van der Waals surface area contributed by atoms with Crippen molar-refractivity contribution >= 4 is 17.3 Å². The van der Waals surface area contributed by atoms with E-state index < -0.39 is 11.0 Å². The van der Waals surface area contributed by atoms with Gasteiger partial charge in [0.1, 0.15) is 6.33 Å². The van der Waals surface area contributed by atoms with Crippen molar-refractivity contribution in [3.05, 3.63) is 16.4 Å². The molecule has 0 aliphatic rings. The van der Waals surface area contributed by atoms with Crippen LogP contribution < -0.4 is 10.6 Å². The average Bonchev–Trinajstić information content (AvgIpc) is 2.41. The van der Waals surface area contributed by atoms with E-state index in [-0.39, 0.29) is 23.9 Å². The summed E-state index contributed by atoms with van der Waals surface area (Å²) in [5.74, 6) is 0.665. The molecule has 3 N–H and O–H groups in total. The normalized spacial score (nSPS) is 12.2. The Bertz CT molecular complexity index is 467. The summed E-state index contributed by atoms with van der Waals surface area (Å²) in [6.45, 7) is 6.77. The molecule has 0 saturated heterocycles. The molecule has 1 aromatic heterocycles. The Balaban J connectivity index is 2.83. The van der Waals surface area contributed by atoms with Gasteiger partial charge in [-0.1, -0.05) is 20.8 Å². The Morgan fingerprint density at radius 2 is 1.95 bits per heavy atom. The number of anilines is 2. The first-order valence-corrected chi connectivity index (χ1v) is 7.10. The van der Waals surface area contributed by atoms with E-state index in [1.54, 1.807) is 0 Å². The number of aromatic nitrogens is 2. The van der Waals surface area contributed by atoms with Gasteiger partial charge in [-0.3, -0.25) is 10.1 Å². The molecule has 0 spiro atoms. The Kier molecular flexibility index (Phi) is 6.80. The maximum absolute atomic E-state index is 11.2. The van der Waals surface area contributed by atoms with E-state index in [9.17, 15) is 15.2 Å². The number of aliphatic hydroxyl groups is 1. The molecule has 8 heteroatoms. The average molecular weight is 297 g/mol. The van der Waals surface area contributed by atoms with Crippen LogP contribution in [0.5, 0.6) is 0 Å². The van der Waals surface area contributed by atoms with Gasteiger partial charge in [0.2, 0.25) is 11.6 Å². The molecule has 0 saturated carbocycles. The predicted octanol–water partition coefficient (Wildman–Crippen LogP) is 2.03.